The average molecular weight is 437 g/mol. The summed E-state index contributed by atoms with van der Waals surface area (Å²) in [6.45, 7) is 7.16. The van der Waals surface area contributed by atoms with Crippen molar-refractivity contribution in [3.05, 3.63) is 35.0 Å². The standard InChI is InChI=1S/C27H38N4O/c1-28-12-14-29(15-13-28)19-26(32)30-16-17-31-24-11-10-21(20-6-3-2-4-7-20)18-23(24)22-8-5-9-25(30)27(22)31/h10-11,18,20,25H,2-9,12-17,19H2,1H3/p+2/t25-/m0/s1. The second kappa shape index (κ2) is 8.49. The summed E-state index contributed by atoms with van der Waals surface area (Å²) >= 11 is 0. The normalized spacial score (nSPS) is 28.7. The number of hydrogen-bond donors (Lipinski definition) is 2. The first-order valence-corrected chi connectivity index (χ1v) is 13.3. The molecule has 1 atom stereocenters. The molecule has 1 aromatic carbocycles. The van der Waals surface area contributed by atoms with Gasteiger partial charge in [0, 0.05) is 29.7 Å². The van der Waals surface area contributed by atoms with Gasteiger partial charge in [-0.05, 0) is 61.3 Å². The third kappa shape index (κ3) is 3.58. The van der Waals surface area contributed by atoms with Crippen molar-refractivity contribution in [1.82, 2.24) is 9.47 Å². The van der Waals surface area contributed by atoms with Gasteiger partial charge in [0.1, 0.15) is 26.2 Å². The summed E-state index contributed by atoms with van der Waals surface area (Å²) < 4.78 is 2.58. The van der Waals surface area contributed by atoms with Crippen molar-refractivity contribution < 1.29 is 14.6 Å². The summed E-state index contributed by atoms with van der Waals surface area (Å²) in [6, 6.07) is 7.65. The number of nitrogens with one attached hydrogen (secondary N) is 2. The molecule has 1 saturated carbocycles. The molecule has 0 unspecified atom stereocenters. The number of benzene rings is 1. The van der Waals surface area contributed by atoms with E-state index in [1.807, 2.05) is 0 Å². The zero-order valence-electron chi connectivity index (χ0n) is 19.8. The Labute approximate surface area is 192 Å². The first-order chi connectivity index (χ1) is 15.7. The molecule has 1 saturated heterocycles. The number of likely N-dealkylation sites (N-methyl/N-ethyl adjacent to an activating group) is 1. The minimum absolute atomic E-state index is 0.294. The van der Waals surface area contributed by atoms with Crippen molar-refractivity contribution in [2.24, 2.45) is 0 Å². The largest absolute Gasteiger partial charge is 0.341 e. The number of fused-ring (bicyclic) bond motifs is 3. The Hall–Kier alpha value is -1.85. The molecule has 172 valence electrons. The molecule has 0 spiro atoms. The Bertz CT molecular complexity index is 997. The lowest BCUT2D eigenvalue weighted by Gasteiger charge is -2.40. The third-order valence-electron chi connectivity index (χ3n) is 9.01. The van der Waals surface area contributed by atoms with E-state index >= 15 is 0 Å². The van der Waals surface area contributed by atoms with Crippen LogP contribution in [-0.4, -0.2) is 61.7 Å². The molecule has 6 rings (SSSR count). The topological polar surface area (TPSA) is 34.1 Å². The van der Waals surface area contributed by atoms with Crippen molar-refractivity contribution in [3.63, 3.8) is 0 Å². The maximum absolute atomic E-state index is 13.4. The second-order valence-electron chi connectivity index (χ2n) is 11.0. The minimum atomic E-state index is 0.294. The van der Waals surface area contributed by atoms with Gasteiger partial charge in [0.2, 0.25) is 0 Å². The van der Waals surface area contributed by atoms with E-state index in [0.29, 0.717) is 18.5 Å². The molecule has 0 bridgehead atoms. The van der Waals surface area contributed by atoms with E-state index in [4.69, 9.17) is 0 Å². The van der Waals surface area contributed by atoms with Gasteiger partial charge in [0.25, 0.3) is 5.91 Å². The number of amides is 1. The van der Waals surface area contributed by atoms with E-state index in [1.165, 1.54) is 79.5 Å². The second-order valence-corrected chi connectivity index (χ2v) is 11.0. The van der Waals surface area contributed by atoms with E-state index in [1.54, 1.807) is 16.0 Å². The summed E-state index contributed by atoms with van der Waals surface area (Å²) in [7, 11) is 2.27. The van der Waals surface area contributed by atoms with Gasteiger partial charge in [-0.1, -0.05) is 25.3 Å². The number of rotatable bonds is 3. The SMILES string of the molecule is C[NH+]1CC[NH+](CC(=O)N2CCn3c4c(c5cc(C6CCCCC6)ccc53)CCC[C@@H]42)CC1. The Balaban J connectivity index is 1.29. The van der Waals surface area contributed by atoms with Crippen molar-refractivity contribution in [2.75, 3.05) is 46.3 Å². The lowest BCUT2D eigenvalue weighted by atomic mass is 9.83. The highest BCUT2D eigenvalue weighted by molar-refractivity contribution is 5.88. The summed E-state index contributed by atoms with van der Waals surface area (Å²) in [5, 5.41) is 1.50. The van der Waals surface area contributed by atoms with Gasteiger partial charge in [0.05, 0.1) is 13.1 Å². The van der Waals surface area contributed by atoms with E-state index in [2.05, 4.69) is 34.7 Å². The molecule has 32 heavy (non-hydrogen) atoms. The minimum Gasteiger partial charge on any atom is -0.341 e. The predicted octanol–water partition coefficient (Wildman–Crippen LogP) is 1.32. The maximum Gasteiger partial charge on any atom is 0.278 e. The van der Waals surface area contributed by atoms with Crippen LogP contribution in [0.1, 0.15) is 73.7 Å². The van der Waals surface area contributed by atoms with Gasteiger partial charge in [-0.25, -0.2) is 0 Å². The summed E-state index contributed by atoms with van der Waals surface area (Å²) in [5.41, 5.74) is 6.01. The van der Waals surface area contributed by atoms with Crippen LogP contribution < -0.4 is 9.80 Å². The molecule has 1 aromatic heterocycles. The molecule has 5 heteroatoms. The monoisotopic (exact) mass is 436 g/mol. The van der Waals surface area contributed by atoms with Crippen LogP contribution in [0.25, 0.3) is 10.9 Å². The van der Waals surface area contributed by atoms with Crippen LogP contribution in [0.15, 0.2) is 18.2 Å². The van der Waals surface area contributed by atoms with E-state index in [-0.39, 0.29) is 0 Å². The number of piperazine rings is 1. The van der Waals surface area contributed by atoms with Gasteiger partial charge in [-0.2, -0.15) is 0 Å². The zero-order valence-corrected chi connectivity index (χ0v) is 19.8. The quantitative estimate of drug-likeness (QED) is 0.748. The summed E-state index contributed by atoms with van der Waals surface area (Å²) in [5.74, 6) is 1.14. The van der Waals surface area contributed by atoms with Gasteiger partial charge in [0.15, 0.2) is 6.54 Å². The molecule has 2 fully saturated rings. The number of hydrogen-bond acceptors (Lipinski definition) is 1. The lowest BCUT2D eigenvalue weighted by molar-refractivity contribution is -1.000. The Morgan fingerprint density at radius 3 is 2.62 bits per heavy atom. The molecule has 1 amide bonds. The maximum atomic E-state index is 13.4. The molecular formula is C27H40N4O+2. The molecule has 5 nitrogen and oxygen atoms in total. The van der Waals surface area contributed by atoms with E-state index in [9.17, 15) is 4.79 Å². The molecule has 2 aliphatic carbocycles. The molecule has 3 heterocycles. The fourth-order valence-electron chi connectivity index (χ4n) is 7.13. The number of quaternary nitrogens is 2. The number of carbonyl (C=O) groups excluding carboxylic acids is 1. The predicted molar refractivity (Wildman–Crippen MR) is 127 cm³/mol. The fourth-order valence-corrected chi connectivity index (χ4v) is 7.13. The first-order valence-electron chi connectivity index (χ1n) is 13.3. The van der Waals surface area contributed by atoms with Gasteiger partial charge in [-0.3, -0.25) is 4.79 Å². The highest BCUT2D eigenvalue weighted by Crippen LogP contribution is 2.44. The number of aryl methyl sites for hydroxylation is 1. The lowest BCUT2D eigenvalue weighted by Crippen LogP contribution is -3.27. The van der Waals surface area contributed by atoms with Crippen LogP contribution in [0.3, 0.4) is 0 Å². The fraction of sp³-hybridized carbons (Fsp3) is 0.667. The zero-order chi connectivity index (χ0) is 21.7. The Kier molecular flexibility index (Phi) is 5.50. The van der Waals surface area contributed by atoms with Gasteiger partial charge < -0.3 is 19.3 Å². The smallest absolute Gasteiger partial charge is 0.278 e. The third-order valence-corrected chi connectivity index (χ3v) is 9.01. The van der Waals surface area contributed by atoms with Crippen molar-refractivity contribution in [1.29, 1.82) is 0 Å². The Morgan fingerprint density at radius 2 is 1.81 bits per heavy atom. The molecule has 2 aliphatic heterocycles. The molecule has 2 aromatic rings. The van der Waals surface area contributed by atoms with Crippen LogP contribution >= 0.6 is 0 Å². The van der Waals surface area contributed by atoms with Crippen LogP contribution in [0.2, 0.25) is 0 Å². The van der Waals surface area contributed by atoms with Crippen molar-refractivity contribution in [3.8, 4) is 0 Å². The number of nitrogens with zero attached hydrogens (tertiary/aromatic N) is 2. The summed E-state index contributed by atoms with van der Waals surface area (Å²) in [6.07, 6.45) is 10.4. The van der Waals surface area contributed by atoms with Gasteiger partial charge in [-0.15, -0.1) is 0 Å². The van der Waals surface area contributed by atoms with Crippen molar-refractivity contribution in [2.45, 2.75) is 69.9 Å². The van der Waals surface area contributed by atoms with Crippen molar-refractivity contribution >= 4 is 16.8 Å². The van der Waals surface area contributed by atoms with Crippen LogP contribution in [-0.2, 0) is 17.8 Å². The summed E-state index contributed by atoms with van der Waals surface area (Å²) in [4.78, 5) is 18.8. The average Bonchev–Trinajstić information content (AvgIpc) is 3.16. The molecular weight excluding hydrogens is 396 g/mol. The molecule has 2 N–H and O–H groups in total. The molecule has 0 radical (unpaired) electrons. The van der Waals surface area contributed by atoms with E-state index < -0.39 is 0 Å². The van der Waals surface area contributed by atoms with Gasteiger partial charge >= 0.3 is 0 Å². The van der Waals surface area contributed by atoms with Crippen LogP contribution in [0, 0.1) is 0 Å². The number of aromatic nitrogens is 1. The highest BCUT2D eigenvalue weighted by atomic mass is 16.2. The number of carbonyl (C=O) groups is 1. The van der Waals surface area contributed by atoms with E-state index in [0.717, 1.165) is 38.5 Å². The molecule has 4 aliphatic rings. The Morgan fingerprint density at radius 1 is 1.00 bits per heavy atom. The van der Waals surface area contributed by atoms with Crippen LogP contribution in [0.5, 0.6) is 0 Å². The van der Waals surface area contributed by atoms with Crippen LogP contribution in [0.4, 0.5) is 0 Å². The highest BCUT2D eigenvalue weighted by Gasteiger charge is 2.38. The first kappa shape index (κ1) is 20.7.